The third-order valence-electron chi connectivity index (χ3n) is 5.77. The predicted molar refractivity (Wildman–Crippen MR) is 111 cm³/mol. The lowest BCUT2D eigenvalue weighted by Gasteiger charge is -2.35. The van der Waals surface area contributed by atoms with Crippen LogP contribution in [0.3, 0.4) is 0 Å². The summed E-state index contributed by atoms with van der Waals surface area (Å²) in [4.78, 5) is 15.0. The van der Waals surface area contributed by atoms with Crippen molar-refractivity contribution < 1.29 is 4.74 Å². The number of piperidine rings is 1. The normalized spacial score (nSPS) is 14.8. The molecule has 0 saturated carbocycles. The first kappa shape index (κ1) is 18.1. The highest BCUT2D eigenvalue weighted by Gasteiger charge is 2.26. The summed E-state index contributed by atoms with van der Waals surface area (Å²) in [6.45, 7) is 1.64. The summed E-state index contributed by atoms with van der Waals surface area (Å²) in [5.41, 5.74) is 2.86. The summed E-state index contributed by atoms with van der Waals surface area (Å²) in [5, 5.41) is 10.6. The Morgan fingerprint density at radius 2 is 1.82 bits per heavy atom. The van der Waals surface area contributed by atoms with E-state index in [4.69, 9.17) is 4.74 Å². The molecule has 1 aromatic heterocycles. The van der Waals surface area contributed by atoms with Gasteiger partial charge in [0.2, 0.25) is 0 Å². The molecule has 2 heterocycles. The molecule has 1 aliphatic heterocycles. The SMILES string of the molecule is COc1ccc2c(N3CCC(c4ccccc4)CC3)c(C#N)c(=O)n(C)c2c1. The molecule has 0 N–H and O–H groups in total. The molecular weight excluding hydrogens is 350 g/mol. The molecule has 0 spiro atoms. The van der Waals surface area contributed by atoms with Crippen LogP contribution in [0.25, 0.3) is 10.9 Å². The average molecular weight is 373 g/mol. The van der Waals surface area contributed by atoms with E-state index in [2.05, 4.69) is 35.2 Å². The van der Waals surface area contributed by atoms with Crippen LogP contribution in [0, 0.1) is 11.3 Å². The number of hydrogen-bond donors (Lipinski definition) is 0. The van der Waals surface area contributed by atoms with Gasteiger partial charge in [-0.3, -0.25) is 4.79 Å². The summed E-state index contributed by atoms with van der Waals surface area (Å²) in [5.74, 6) is 1.21. The number of aryl methyl sites for hydroxylation is 1. The average Bonchev–Trinajstić information content (AvgIpc) is 2.76. The van der Waals surface area contributed by atoms with Gasteiger partial charge in [0.15, 0.2) is 0 Å². The number of pyridine rings is 1. The first-order chi connectivity index (χ1) is 13.6. The van der Waals surface area contributed by atoms with Crippen LogP contribution in [0.5, 0.6) is 5.75 Å². The van der Waals surface area contributed by atoms with Crippen LogP contribution >= 0.6 is 0 Å². The predicted octanol–water partition coefficient (Wildman–Crippen LogP) is 3.80. The number of nitriles is 1. The summed E-state index contributed by atoms with van der Waals surface area (Å²) in [6.07, 6.45) is 2.00. The third-order valence-corrected chi connectivity index (χ3v) is 5.77. The molecule has 0 aliphatic carbocycles. The first-order valence-corrected chi connectivity index (χ1v) is 9.54. The number of methoxy groups -OCH3 is 1. The van der Waals surface area contributed by atoms with Crippen molar-refractivity contribution in [3.05, 3.63) is 70.0 Å². The van der Waals surface area contributed by atoms with Crippen LogP contribution in [0.2, 0.25) is 0 Å². The van der Waals surface area contributed by atoms with Crippen LogP contribution < -0.4 is 15.2 Å². The van der Waals surface area contributed by atoms with E-state index in [-0.39, 0.29) is 11.1 Å². The summed E-state index contributed by atoms with van der Waals surface area (Å²) < 4.78 is 6.87. The molecule has 1 saturated heterocycles. The lowest BCUT2D eigenvalue weighted by atomic mass is 9.89. The fraction of sp³-hybridized carbons (Fsp3) is 0.304. The van der Waals surface area contributed by atoms with Gasteiger partial charge in [-0.15, -0.1) is 0 Å². The minimum absolute atomic E-state index is 0.221. The monoisotopic (exact) mass is 373 g/mol. The van der Waals surface area contributed by atoms with Crippen molar-refractivity contribution in [2.24, 2.45) is 7.05 Å². The number of anilines is 1. The zero-order chi connectivity index (χ0) is 19.7. The molecule has 5 nitrogen and oxygen atoms in total. The Bertz CT molecular complexity index is 1100. The maximum absolute atomic E-state index is 12.8. The van der Waals surface area contributed by atoms with Crippen molar-refractivity contribution in [2.75, 3.05) is 25.1 Å². The van der Waals surface area contributed by atoms with Gasteiger partial charge < -0.3 is 14.2 Å². The number of ether oxygens (including phenoxy) is 1. The van der Waals surface area contributed by atoms with E-state index in [0.717, 1.165) is 42.5 Å². The van der Waals surface area contributed by atoms with Gasteiger partial charge in [0, 0.05) is 31.6 Å². The van der Waals surface area contributed by atoms with E-state index in [1.54, 1.807) is 14.2 Å². The highest BCUT2D eigenvalue weighted by atomic mass is 16.5. The highest BCUT2D eigenvalue weighted by Crippen LogP contribution is 2.35. The maximum Gasteiger partial charge on any atom is 0.270 e. The lowest BCUT2D eigenvalue weighted by molar-refractivity contribution is 0.415. The molecule has 4 rings (SSSR count). The fourth-order valence-electron chi connectivity index (χ4n) is 4.22. The number of fused-ring (bicyclic) bond motifs is 1. The van der Waals surface area contributed by atoms with Crippen molar-refractivity contribution in [3.63, 3.8) is 0 Å². The second kappa shape index (κ2) is 7.40. The molecule has 1 aliphatic rings. The molecule has 5 heteroatoms. The minimum atomic E-state index is -0.261. The number of rotatable bonds is 3. The molecule has 0 unspecified atom stereocenters. The van der Waals surface area contributed by atoms with E-state index < -0.39 is 0 Å². The zero-order valence-electron chi connectivity index (χ0n) is 16.2. The zero-order valence-corrected chi connectivity index (χ0v) is 16.2. The quantitative estimate of drug-likeness (QED) is 0.701. The van der Waals surface area contributed by atoms with Crippen molar-refractivity contribution in [3.8, 4) is 11.8 Å². The second-order valence-electron chi connectivity index (χ2n) is 7.25. The topological polar surface area (TPSA) is 58.3 Å². The first-order valence-electron chi connectivity index (χ1n) is 9.54. The molecule has 0 bridgehead atoms. The Hall–Kier alpha value is -3.26. The standard InChI is InChI=1S/C23H23N3O2/c1-25-21-14-18(28-2)8-9-19(21)22(20(15-24)23(25)27)26-12-10-17(11-13-26)16-6-4-3-5-7-16/h3-9,14,17H,10-13H2,1-2H3. The van der Waals surface area contributed by atoms with Gasteiger partial charge in [-0.25, -0.2) is 0 Å². The summed E-state index contributed by atoms with van der Waals surface area (Å²) >= 11 is 0. The number of benzene rings is 2. The Morgan fingerprint density at radius 1 is 1.11 bits per heavy atom. The van der Waals surface area contributed by atoms with Crippen LogP contribution in [0.15, 0.2) is 53.3 Å². The highest BCUT2D eigenvalue weighted by molar-refractivity contribution is 5.95. The maximum atomic E-state index is 12.8. The van der Waals surface area contributed by atoms with Gasteiger partial charge in [0.05, 0.1) is 18.3 Å². The van der Waals surface area contributed by atoms with Crippen LogP contribution in [-0.4, -0.2) is 24.8 Å². The summed E-state index contributed by atoms with van der Waals surface area (Å²) in [7, 11) is 3.31. The Kier molecular flexibility index (Phi) is 4.79. The Morgan fingerprint density at radius 3 is 2.46 bits per heavy atom. The molecule has 3 aromatic rings. The number of hydrogen-bond acceptors (Lipinski definition) is 4. The molecule has 1 fully saturated rings. The van der Waals surface area contributed by atoms with Gasteiger partial charge in [-0.2, -0.15) is 5.26 Å². The van der Waals surface area contributed by atoms with Crippen molar-refractivity contribution in [1.82, 2.24) is 4.57 Å². The molecular formula is C23H23N3O2. The third kappa shape index (κ3) is 3.01. The van der Waals surface area contributed by atoms with Gasteiger partial charge in [0.25, 0.3) is 5.56 Å². The largest absolute Gasteiger partial charge is 0.497 e. The van der Waals surface area contributed by atoms with E-state index >= 15 is 0 Å². The second-order valence-corrected chi connectivity index (χ2v) is 7.25. The molecule has 0 atom stereocenters. The van der Waals surface area contributed by atoms with E-state index in [9.17, 15) is 10.1 Å². The molecule has 2 aromatic carbocycles. The number of aromatic nitrogens is 1. The van der Waals surface area contributed by atoms with Crippen LogP contribution in [0.1, 0.15) is 29.9 Å². The van der Waals surface area contributed by atoms with Gasteiger partial charge in [-0.1, -0.05) is 30.3 Å². The van der Waals surface area contributed by atoms with E-state index in [0.29, 0.717) is 11.7 Å². The number of nitrogens with zero attached hydrogens (tertiary/aromatic N) is 3. The van der Waals surface area contributed by atoms with E-state index in [1.165, 1.54) is 10.1 Å². The van der Waals surface area contributed by atoms with Gasteiger partial charge in [-0.05, 0) is 36.5 Å². The van der Waals surface area contributed by atoms with Crippen molar-refractivity contribution >= 4 is 16.6 Å². The minimum Gasteiger partial charge on any atom is -0.497 e. The van der Waals surface area contributed by atoms with Crippen molar-refractivity contribution in [1.29, 1.82) is 5.26 Å². The smallest absolute Gasteiger partial charge is 0.270 e. The molecule has 28 heavy (non-hydrogen) atoms. The van der Waals surface area contributed by atoms with Crippen LogP contribution in [-0.2, 0) is 7.05 Å². The fourth-order valence-corrected chi connectivity index (χ4v) is 4.22. The molecule has 0 radical (unpaired) electrons. The lowest BCUT2D eigenvalue weighted by Crippen LogP contribution is -2.35. The molecule has 0 amide bonds. The van der Waals surface area contributed by atoms with Crippen LogP contribution in [0.4, 0.5) is 5.69 Å². The van der Waals surface area contributed by atoms with Gasteiger partial charge in [0.1, 0.15) is 17.4 Å². The van der Waals surface area contributed by atoms with E-state index in [1.807, 2.05) is 24.3 Å². The van der Waals surface area contributed by atoms with Gasteiger partial charge >= 0.3 is 0 Å². The molecule has 142 valence electrons. The Balaban J connectivity index is 1.76. The Labute approximate surface area is 164 Å². The van der Waals surface area contributed by atoms with Crippen molar-refractivity contribution in [2.45, 2.75) is 18.8 Å². The summed E-state index contributed by atoms with van der Waals surface area (Å²) in [6, 6.07) is 18.4.